The number of allylic oxidation sites excluding steroid dienone is 10. The van der Waals surface area contributed by atoms with Crippen LogP contribution in [0, 0.1) is 0 Å². The second-order valence-corrected chi connectivity index (χ2v) is 14.0. The number of carbonyl (C=O) groups is 3. The fraction of sp³-hybridized carbons (Fsp3) is 0.717. The molecule has 1 unspecified atom stereocenters. The van der Waals surface area contributed by atoms with Crippen LogP contribution >= 0.6 is 0 Å². The van der Waals surface area contributed by atoms with Gasteiger partial charge in [-0.15, -0.1) is 0 Å². The Kier molecular flexibility index (Phi) is 38.6. The van der Waals surface area contributed by atoms with E-state index in [2.05, 4.69) is 26.8 Å². The van der Waals surface area contributed by atoms with Crippen LogP contribution in [-0.4, -0.2) is 37.2 Å². The molecule has 0 radical (unpaired) electrons. The molecule has 52 heavy (non-hydrogen) atoms. The fourth-order valence-electron chi connectivity index (χ4n) is 5.71. The Morgan fingerprint density at radius 3 is 1.17 bits per heavy atom. The monoisotopic (exact) mass is 727 g/mol. The number of hydrogen-bond donors (Lipinski definition) is 0. The maximum absolute atomic E-state index is 12.7. The number of ether oxygens (including phenoxy) is 3. The molecule has 0 aromatic carbocycles. The molecule has 0 saturated carbocycles. The first-order valence-corrected chi connectivity index (χ1v) is 21.4. The van der Waals surface area contributed by atoms with Crippen molar-refractivity contribution in [2.24, 2.45) is 0 Å². The first-order valence-electron chi connectivity index (χ1n) is 21.4. The minimum absolute atomic E-state index is 0.0948. The molecule has 0 aliphatic carbocycles. The van der Waals surface area contributed by atoms with Crippen molar-refractivity contribution in [2.75, 3.05) is 13.2 Å². The van der Waals surface area contributed by atoms with Crippen molar-refractivity contribution in [3.8, 4) is 0 Å². The summed E-state index contributed by atoms with van der Waals surface area (Å²) in [4.78, 5) is 37.5. The Morgan fingerprint density at radius 1 is 0.404 bits per heavy atom. The highest BCUT2D eigenvalue weighted by Gasteiger charge is 2.19. The largest absolute Gasteiger partial charge is 0.462 e. The molecule has 0 spiro atoms. The summed E-state index contributed by atoms with van der Waals surface area (Å²) in [5.74, 6) is -0.979. The van der Waals surface area contributed by atoms with Gasteiger partial charge in [-0.1, -0.05) is 204 Å². The molecule has 0 rings (SSSR count). The number of rotatable bonds is 37. The average molecular weight is 727 g/mol. The van der Waals surface area contributed by atoms with Crippen LogP contribution in [0.3, 0.4) is 0 Å². The summed E-state index contributed by atoms with van der Waals surface area (Å²) in [6.45, 7) is 6.38. The number of esters is 3. The zero-order valence-electron chi connectivity index (χ0n) is 33.8. The van der Waals surface area contributed by atoms with Crippen molar-refractivity contribution in [2.45, 2.75) is 200 Å². The van der Waals surface area contributed by atoms with Crippen LogP contribution in [0.2, 0.25) is 0 Å². The maximum Gasteiger partial charge on any atom is 0.306 e. The van der Waals surface area contributed by atoms with Gasteiger partial charge in [-0.3, -0.25) is 14.4 Å². The van der Waals surface area contributed by atoms with E-state index in [1.807, 2.05) is 54.7 Å². The van der Waals surface area contributed by atoms with Gasteiger partial charge in [0.05, 0.1) is 0 Å². The van der Waals surface area contributed by atoms with E-state index in [1.54, 1.807) is 0 Å². The first-order chi connectivity index (χ1) is 25.5. The second-order valence-electron chi connectivity index (χ2n) is 14.0. The van der Waals surface area contributed by atoms with Crippen molar-refractivity contribution >= 4 is 17.9 Å². The van der Waals surface area contributed by atoms with E-state index < -0.39 is 6.10 Å². The molecule has 0 fully saturated rings. The minimum atomic E-state index is -0.795. The molecular weight excluding hydrogens is 648 g/mol. The lowest BCUT2D eigenvalue weighted by molar-refractivity contribution is -0.167. The lowest BCUT2D eigenvalue weighted by Gasteiger charge is -2.18. The predicted molar refractivity (Wildman–Crippen MR) is 219 cm³/mol. The molecule has 0 aliphatic rings. The van der Waals surface area contributed by atoms with Crippen LogP contribution in [0.4, 0.5) is 0 Å². The third-order valence-electron chi connectivity index (χ3n) is 8.91. The van der Waals surface area contributed by atoms with Crippen LogP contribution in [0.15, 0.2) is 60.8 Å². The third kappa shape index (κ3) is 38.3. The van der Waals surface area contributed by atoms with Gasteiger partial charge in [0.1, 0.15) is 13.2 Å². The molecule has 6 heteroatoms. The molecule has 0 N–H and O–H groups in total. The van der Waals surface area contributed by atoms with E-state index in [4.69, 9.17) is 14.2 Å². The van der Waals surface area contributed by atoms with Gasteiger partial charge in [-0.25, -0.2) is 0 Å². The number of unbranched alkanes of at least 4 members (excludes halogenated alkanes) is 20. The maximum atomic E-state index is 12.7. The van der Waals surface area contributed by atoms with Crippen LogP contribution < -0.4 is 0 Å². The molecule has 0 amide bonds. The van der Waals surface area contributed by atoms with E-state index in [9.17, 15) is 14.4 Å². The standard InChI is InChI=1S/C46H78O6/c1-4-7-10-13-16-19-21-23-25-27-30-33-36-39-45(48)51-42-43(41-50-44(47)38-35-32-29-26-18-15-12-9-6-3)52-46(49)40-37-34-31-28-24-22-20-17-14-11-8-5-2/h7,10,13,16,19,21,23,25,27,30,43H,4-6,8-9,11-12,14-15,17-18,20,22,24,26,28-29,31-42H2,1-3H3/b10-7-,16-13-,21-19-,25-23-,30-27-. The number of hydrogen-bond acceptors (Lipinski definition) is 6. The topological polar surface area (TPSA) is 78.9 Å². The highest BCUT2D eigenvalue weighted by Crippen LogP contribution is 2.14. The molecule has 0 aromatic heterocycles. The Balaban J connectivity index is 4.49. The molecule has 1 atom stereocenters. The summed E-state index contributed by atoms with van der Waals surface area (Å²) >= 11 is 0. The quantitative estimate of drug-likeness (QED) is 0.0274. The molecule has 0 aromatic rings. The smallest absolute Gasteiger partial charge is 0.306 e. The zero-order chi connectivity index (χ0) is 38.0. The van der Waals surface area contributed by atoms with Gasteiger partial charge in [0.25, 0.3) is 0 Å². The predicted octanol–water partition coefficient (Wildman–Crippen LogP) is 13.4. The van der Waals surface area contributed by atoms with Gasteiger partial charge in [-0.05, 0) is 32.1 Å². The molecular formula is C46H78O6. The van der Waals surface area contributed by atoms with Gasteiger partial charge < -0.3 is 14.2 Å². The lowest BCUT2D eigenvalue weighted by atomic mass is 10.0. The summed E-state index contributed by atoms with van der Waals surface area (Å²) in [6.07, 6.45) is 47.8. The van der Waals surface area contributed by atoms with Crippen LogP contribution in [-0.2, 0) is 28.6 Å². The van der Waals surface area contributed by atoms with Crippen LogP contribution in [0.25, 0.3) is 0 Å². The van der Waals surface area contributed by atoms with Crippen molar-refractivity contribution in [3.05, 3.63) is 60.8 Å². The van der Waals surface area contributed by atoms with E-state index in [0.717, 1.165) is 51.4 Å². The highest BCUT2D eigenvalue weighted by molar-refractivity contribution is 5.71. The van der Waals surface area contributed by atoms with E-state index >= 15 is 0 Å². The van der Waals surface area contributed by atoms with Gasteiger partial charge in [0.15, 0.2) is 6.10 Å². The normalized spacial score (nSPS) is 12.6. The third-order valence-corrected chi connectivity index (χ3v) is 8.91. The summed E-state index contributed by atoms with van der Waals surface area (Å²) in [5.41, 5.74) is 0. The Morgan fingerprint density at radius 2 is 0.750 bits per heavy atom. The van der Waals surface area contributed by atoms with Crippen molar-refractivity contribution in [3.63, 3.8) is 0 Å². The van der Waals surface area contributed by atoms with Crippen molar-refractivity contribution < 1.29 is 28.6 Å². The molecule has 0 saturated heterocycles. The van der Waals surface area contributed by atoms with Crippen molar-refractivity contribution in [1.82, 2.24) is 0 Å². The Labute approximate surface area is 320 Å². The minimum Gasteiger partial charge on any atom is -0.462 e. The van der Waals surface area contributed by atoms with Crippen LogP contribution in [0.5, 0.6) is 0 Å². The van der Waals surface area contributed by atoms with Gasteiger partial charge in [0.2, 0.25) is 0 Å². The zero-order valence-corrected chi connectivity index (χ0v) is 33.8. The van der Waals surface area contributed by atoms with Crippen LogP contribution in [0.1, 0.15) is 194 Å². The summed E-state index contributed by atoms with van der Waals surface area (Å²) in [7, 11) is 0. The van der Waals surface area contributed by atoms with E-state index in [-0.39, 0.29) is 37.5 Å². The number of carbonyl (C=O) groups excluding carboxylic acids is 3. The van der Waals surface area contributed by atoms with E-state index in [1.165, 1.54) is 96.3 Å². The molecule has 0 heterocycles. The van der Waals surface area contributed by atoms with Gasteiger partial charge in [-0.2, -0.15) is 0 Å². The van der Waals surface area contributed by atoms with Gasteiger partial charge >= 0.3 is 17.9 Å². The Bertz CT molecular complexity index is 975. The van der Waals surface area contributed by atoms with Gasteiger partial charge in [0, 0.05) is 19.3 Å². The molecule has 0 bridgehead atoms. The molecule has 6 nitrogen and oxygen atoms in total. The summed E-state index contributed by atoms with van der Waals surface area (Å²) in [5, 5.41) is 0. The van der Waals surface area contributed by atoms with Crippen molar-refractivity contribution in [1.29, 1.82) is 0 Å². The first kappa shape index (κ1) is 49.1. The SMILES string of the molecule is CC\C=C/C=C\C=C/C=C\C=C/CCCC(=O)OCC(COC(=O)CCCCCCCCCCC)OC(=O)CCCCCCCCCCCCCC. The molecule has 0 aliphatic heterocycles. The second kappa shape index (κ2) is 40.9. The average Bonchev–Trinajstić information content (AvgIpc) is 3.14. The highest BCUT2D eigenvalue weighted by atomic mass is 16.6. The fourth-order valence-corrected chi connectivity index (χ4v) is 5.71. The summed E-state index contributed by atoms with van der Waals surface area (Å²) in [6, 6.07) is 0. The molecule has 298 valence electrons. The summed E-state index contributed by atoms with van der Waals surface area (Å²) < 4.78 is 16.6. The Hall–Kier alpha value is -2.89. The lowest BCUT2D eigenvalue weighted by Crippen LogP contribution is -2.30. The van der Waals surface area contributed by atoms with E-state index in [0.29, 0.717) is 19.3 Å².